The second kappa shape index (κ2) is 8.77. The van der Waals surface area contributed by atoms with Gasteiger partial charge in [-0.3, -0.25) is 0 Å². The van der Waals surface area contributed by atoms with Crippen LogP contribution in [-0.4, -0.2) is 28.3 Å². The molecule has 0 bridgehead atoms. The van der Waals surface area contributed by atoms with Crippen molar-refractivity contribution in [3.05, 3.63) is 77.3 Å². The highest BCUT2D eigenvalue weighted by Gasteiger charge is 2.16. The minimum absolute atomic E-state index is 0.135. The number of nitrogens with zero attached hydrogens (tertiary/aromatic N) is 3. The standard InChI is InChI=1S/C22H18ClF2N3O2/c1-29-13-21-27-17-8-6-14(15-7-9-20(23)26-11-15)10-18(17)28(21)12-16-4-2-3-5-19(16)30-22(24)25/h2-11,22H,12-13H2,1H3. The van der Waals surface area contributed by atoms with Gasteiger partial charge in [0.15, 0.2) is 0 Å². The number of pyridine rings is 1. The number of alkyl halides is 2. The zero-order chi connectivity index (χ0) is 21.1. The molecule has 0 amide bonds. The van der Waals surface area contributed by atoms with Crippen LogP contribution < -0.4 is 4.74 Å². The van der Waals surface area contributed by atoms with E-state index in [1.54, 1.807) is 37.6 Å². The van der Waals surface area contributed by atoms with Gasteiger partial charge in [-0.15, -0.1) is 0 Å². The lowest BCUT2D eigenvalue weighted by atomic mass is 10.1. The fourth-order valence-electron chi connectivity index (χ4n) is 3.33. The molecule has 0 radical (unpaired) electrons. The zero-order valence-electron chi connectivity index (χ0n) is 16.1. The van der Waals surface area contributed by atoms with Crippen molar-refractivity contribution in [2.75, 3.05) is 7.11 Å². The summed E-state index contributed by atoms with van der Waals surface area (Å²) in [5, 5.41) is 0.419. The van der Waals surface area contributed by atoms with Crippen LogP contribution in [0.5, 0.6) is 5.75 Å². The summed E-state index contributed by atoms with van der Waals surface area (Å²) in [7, 11) is 1.59. The van der Waals surface area contributed by atoms with Crippen molar-refractivity contribution in [3.8, 4) is 16.9 Å². The van der Waals surface area contributed by atoms with Crippen LogP contribution in [0, 0.1) is 0 Å². The zero-order valence-corrected chi connectivity index (χ0v) is 16.8. The molecule has 5 nitrogen and oxygen atoms in total. The SMILES string of the molecule is COCc1nc2ccc(-c3ccc(Cl)nc3)cc2n1Cc1ccccc1OC(F)F. The van der Waals surface area contributed by atoms with Gasteiger partial charge in [0.2, 0.25) is 0 Å². The van der Waals surface area contributed by atoms with Crippen molar-refractivity contribution < 1.29 is 18.3 Å². The van der Waals surface area contributed by atoms with E-state index in [9.17, 15) is 8.78 Å². The lowest BCUT2D eigenvalue weighted by Crippen LogP contribution is -2.09. The first-order valence-electron chi connectivity index (χ1n) is 9.18. The van der Waals surface area contributed by atoms with Crippen LogP contribution in [0.3, 0.4) is 0 Å². The third kappa shape index (κ3) is 4.27. The topological polar surface area (TPSA) is 49.2 Å². The van der Waals surface area contributed by atoms with E-state index in [2.05, 4.69) is 9.97 Å². The van der Waals surface area contributed by atoms with Gasteiger partial charge < -0.3 is 14.0 Å². The molecule has 0 atom stereocenters. The largest absolute Gasteiger partial charge is 0.434 e. The molecule has 2 aromatic carbocycles. The van der Waals surface area contributed by atoms with E-state index in [0.29, 0.717) is 23.1 Å². The monoisotopic (exact) mass is 429 g/mol. The molecule has 8 heteroatoms. The molecule has 0 saturated carbocycles. The number of aromatic nitrogens is 3. The summed E-state index contributed by atoms with van der Waals surface area (Å²) in [6, 6.07) is 16.2. The Morgan fingerprint density at radius 2 is 1.87 bits per heavy atom. The number of para-hydroxylation sites is 1. The van der Waals surface area contributed by atoms with Gasteiger partial charge in [0.25, 0.3) is 0 Å². The van der Waals surface area contributed by atoms with Gasteiger partial charge in [0.05, 0.1) is 17.6 Å². The molecule has 4 rings (SSSR count). The highest BCUT2D eigenvalue weighted by atomic mass is 35.5. The molecule has 30 heavy (non-hydrogen) atoms. The van der Waals surface area contributed by atoms with Crippen LogP contribution in [0.1, 0.15) is 11.4 Å². The average Bonchev–Trinajstić information content (AvgIpc) is 3.06. The highest BCUT2D eigenvalue weighted by molar-refractivity contribution is 6.29. The van der Waals surface area contributed by atoms with E-state index in [0.717, 1.165) is 22.2 Å². The normalized spacial score (nSPS) is 11.4. The van der Waals surface area contributed by atoms with Crippen LogP contribution in [-0.2, 0) is 17.9 Å². The Morgan fingerprint density at radius 1 is 1.07 bits per heavy atom. The first kappa shape index (κ1) is 20.3. The maximum absolute atomic E-state index is 12.8. The molecule has 2 heterocycles. The Hall–Kier alpha value is -3.03. The van der Waals surface area contributed by atoms with Crippen molar-refractivity contribution in [1.29, 1.82) is 0 Å². The number of halogens is 3. The number of rotatable bonds is 7. The predicted octanol–water partition coefficient (Wildman–Crippen LogP) is 5.55. The number of methoxy groups -OCH3 is 1. The van der Waals surface area contributed by atoms with Crippen LogP contribution in [0.2, 0.25) is 5.15 Å². The van der Waals surface area contributed by atoms with E-state index < -0.39 is 6.61 Å². The summed E-state index contributed by atoms with van der Waals surface area (Å²) < 4.78 is 37.6. The Kier molecular flexibility index (Phi) is 5.92. The lowest BCUT2D eigenvalue weighted by Gasteiger charge is -2.14. The van der Waals surface area contributed by atoms with Crippen LogP contribution >= 0.6 is 11.6 Å². The maximum Gasteiger partial charge on any atom is 0.387 e. The average molecular weight is 430 g/mol. The molecule has 2 aromatic heterocycles. The Balaban J connectivity index is 1.80. The molecule has 0 aliphatic carbocycles. The number of fused-ring (bicyclic) bond motifs is 1. The van der Waals surface area contributed by atoms with E-state index >= 15 is 0 Å². The van der Waals surface area contributed by atoms with Crippen LogP contribution in [0.4, 0.5) is 8.78 Å². The van der Waals surface area contributed by atoms with Gasteiger partial charge in [0.1, 0.15) is 23.3 Å². The maximum atomic E-state index is 12.8. The van der Waals surface area contributed by atoms with Crippen LogP contribution in [0.25, 0.3) is 22.2 Å². The van der Waals surface area contributed by atoms with E-state index in [4.69, 9.17) is 21.1 Å². The summed E-state index contributed by atoms with van der Waals surface area (Å²) >= 11 is 5.89. The summed E-state index contributed by atoms with van der Waals surface area (Å²) in [5.74, 6) is 0.821. The van der Waals surface area contributed by atoms with Crippen LogP contribution in [0.15, 0.2) is 60.8 Å². The van der Waals surface area contributed by atoms with Gasteiger partial charge in [-0.1, -0.05) is 35.9 Å². The van der Waals surface area contributed by atoms with E-state index in [-0.39, 0.29) is 12.4 Å². The van der Waals surface area contributed by atoms with E-state index in [1.165, 1.54) is 6.07 Å². The summed E-state index contributed by atoms with van der Waals surface area (Å²) in [4.78, 5) is 8.79. The molecular weight excluding hydrogens is 412 g/mol. The number of hydrogen-bond acceptors (Lipinski definition) is 4. The summed E-state index contributed by atoms with van der Waals surface area (Å²) in [6.07, 6.45) is 1.70. The fourth-order valence-corrected chi connectivity index (χ4v) is 3.44. The Labute approximate surface area is 176 Å². The lowest BCUT2D eigenvalue weighted by molar-refractivity contribution is -0.0504. The van der Waals surface area contributed by atoms with Crippen molar-refractivity contribution >= 4 is 22.6 Å². The van der Waals surface area contributed by atoms with Gasteiger partial charge in [0, 0.05) is 24.4 Å². The predicted molar refractivity (Wildman–Crippen MR) is 111 cm³/mol. The first-order valence-corrected chi connectivity index (χ1v) is 9.55. The van der Waals surface area contributed by atoms with Gasteiger partial charge >= 0.3 is 6.61 Å². The Morgan fingerprint density at radius 3 is 2.60 bits per heavy atom. The third-order valence-electron chi connectivity index (χ3n) is 4.68. The molecule has 0 unspecified atom stereocenters. The smallest absolute Gasteiger partial charge is 0.387 e. The molecule has 0 aliphatic rings. The molecule has 0 spiro atoms. The summed E-state index contributed by atoms with van der Waals surface area (Å²) in [6.45, 7) is -2.31. The minimum atomic E-state index is -2.90. The fraction of sp³-hybridized carbons (Fsp3) is 0.182. The van der Waals surface area contributed by atoms with Crippen molar-refractivity contribution in [3.63, 3.8) is 0 Å². The molecule has 0 saturated heterocycles. The number of ether oxygens (including phenoxy) is 2. The third-order valence-corrected chi connectivity index (χ3v) is 4.90. The van der Waals surface area contributed by atoms with Gasteiger partial charge in [-0.25, -0.2) is 9.97 Å². The molecule has 4 aromatic rings. The minimum Gasteiger partial charge on any atom is -0.434 e. The van der Waals surface area contributed by atoms with Gasteiger partial charge in [-0.05, 0) is 35.9 Å². The summed E-state index contributed by atoms with van der Waals surface area (Å²) in [5.41, 5.74) is 4.09. The van der Waals surface area contributed by atoms with Crippen molar-refractivity contribution in [2.45, 2.75) is 19.8 Å². The van der Waals surface area contributed by atoms with E-state index in [1.807, 2.05) is 28.8 Å². The second-order valence-corrected chi connectivity index (χ2v) is 6.99. The molecule has 0 fully saturated rings. The Bertz CT molecular complexity index is 1160. The number of hydrogen-bond donors (Lipinski definition) is 0. The van der Waals surface area contributed by atoms with Crippen molar-refractivity contribution in [1.82, 2.24) is 14.5 Å². The number of imidazole rings is 1. The van der Waals surface area contributed by atoms with Crippen molar-refractivity contribution in [2.24, 2.45) is 0 Å². The molecule has 0 aliphatic heterocycles. The van der Waals surface area contributed by atoms with Gasteiger partial charge in [-0.2, -0.15) is 8.78 Å². The molecule has 0 N–H and O–H groups in total. The highest BCUT2D eigenvalue weighted by Crippen LogP contribution is 2.28. The molecule has 154 valence electrons. The number of benzene rings is 2. The first-order chi connectivity index (χ1) is 14.5. The molecular formula is C22H18ClF2N3O2. The quantitative estimate of drug-likeness (QED) is 0.361. The second-order valence-electron chi connectivity index (χ2n) is 6.61.